The number of urea groups is 1. The zero-order valence-corrected chi connectivity index (χ0v) is 10.8. The minimum absolute atomic E-state index is 0.107. The van der Waals surface area contributed by atoms with Crippen LogP contribution in [0.25, 0.3) is 0 Å². The van der Waals surface area contributed by atoms with Crippen LogP contribution in [0.5, 0.6) is 5.75 Å². The molecule has 0 heterocycles. The number of carbonyl (C=O) groups excluding carboxylic acids is 1. The summed E-state index contributed by atoms with van der Waals surface area (Å²) in [7, 11) is 1.59. The van der Waals surface area contributed by atoms with Crippen molar-refractivity contribution >= 4 is 11.7 Å². The Balaban J connectivity index is 2.83. The predicted octanol–water partition coefficient (Wildman–Crippen LogP) is 2.79. The fourth-order valence-electron chi connectivity index (χ4n) is 1.49. The Morgan fingerprint density at radius 3 is 2.65 bits per heavy atom. The van der Waals surface area contributed by atoms with E-state index in [1.807, 2.05) is 32.0 Å². The van der Waals surface area contributed by atoms with Gasteiger partial charge in [-0.25, -0.2) is 4.79 Å². The lowest BCUT2D eigenvalue weighted by Crippen LogP contribution is -2.34. The summed E-state index contributed by atoms with van der Waals surface area (Å²) >= 11 is 0. The largest absolute Gasteiger partial charge is 0.495 e. The van der Waals surface area contributed by atoms with Gasteiger partial charge in [0.15, 0.2) is 0 Å². The number of methoxy groups -OCH3 is 1. The van der Waals surface area contributed by atoms with E-state index in [4.69, 9.17) is 4.74 Å². The van der Waals surface area contributed by atoms with Gasteiger partial charge in [-0.3, -0.25) is 0 Å². The summed E-state index contributed by atoms with van der Waals surface area (Å²) in [5.41, 5.74) is 1.86. The lowest BCUT2D eigenvalue weighted by Gasteiger charge is -2.13. The molecule has 0 saturated heterocycles. The highest BCUT2D eigenvalue weighted by Gasteiger charge is 2.08. The first-order chi connectivity index (χ1) is 8.06. The molecule has 0 bridgehead atoms. The topological polar surface area (TPSA) is 50.4 Å². The molecule has 0 saturated carbocycles. The van der Waals surface area contributed by atoms with Gasteiger partial charge in [0.2, 0.25) is 0 Å². The van der Waals surface area contributed by atoms with E-state index in [0.717, 1.165) is 12.0 Å². The summed E-state index contributed by atoms with van der Waals surface area (Å²) in [6, 6.07) is 5.68. The standard InChI is InChI=1S/C13H20N2O2/c1-5-10-6-7-12(17-4)11(8-10)15-13(16)14-9(2)3/h6-9H,5H2,1-4H3,(H2,14,15,16). The Bertz CT molecular complexity index is 389. The van der Waals surface area contributed by atoms with E-state index in [0.29, 0.717) is 11.4 Å². The number of rotatable bonds is 4. The van der Waals surface area contributed by atoms with Crippen molar-refractivity contribution in [1.82, 2.24) is 5.32 Å². The lowest BCUT2D eigenvalue weighted by atomic mass is 10.1. The van der Waals surface area contributed by atoms with Crippen molar-refractivity contribution in [3.63, 3.8) is 0 Å². The number of aryl methyl sites for hydroxylation is 1. The monoisotopic (exact) mass is 236 g/mol. The van der Waals surface area contributed by atoms with Gasteiger partial charge < -0.3 is 15.4 Å². The van der Waals surface area contributed by atoms with Crippen molar-refractivity contribution in [3.05, 3.63) is 23.8 Å². The van der Waals surface area contributed by atoms with Gasteiger partial charge in [-0.05, 0) is 38.0 Å². The maximum atomic E-state index is 11.6. The maximum Gasteiger partial charge on any atom is 0.319 e. The van der Waals surface area contributed by atoms with Crippen LogP contribution in [0.2, 0.25) is 0 Å². The zero-order valence-electron chi connectivity index (χ0n) is 10.8. The van der Waals surface area contributed by atoms with Gasteiger partial charge in [0, 0.05) is 6.04 Å². The molecule has 1 rings (SSSR count). The van der Waals surface area contributed by atoms with Gasteiger partial charge in [-0.15, -0.1) is 0 Å². The fraction of sp³-hybridized carbons (Fsp3) is 0.462. The summed E-state index contributed by atoms with van der Waals surface area (Å²) in [4.78, 5) is 11.6. The van der Waals surface area contributed by atoms with E-state index in [-0.39, 0.29) is 12.1 Å². The number of carbonyl (C=O) groups is 1. The Morgan fingerprint density at radius 2 is 2.12 bits per heavy atom. The van der Waals surface area contributed by atoms with Crippen LogP contribution in [-0.4, -0.2) is 19.2 Å². The van der Waals surface area contributed by atoms with E-state index < -0.39 is 0 Å². The molecule has 0 aromatic heterocycles. The molecular formula is C13H20N2O2. The minimum atomic E-state index is -0.216. The summed E-state index contributed by atoms with van der Waals surface area (Å²) in [5.74, 6) is 0.668. The SMILES string of the molecule is CCc1ccc(OC)c(NC(=O)NC(C)C)c1. The molecule has 0 unspecified atom stereocenters. The maximum absolute atomic E-state index is 11.6. The number of ether oxygens (including phenoxy) is 1. The van der Waals surface area contributed by atoms with E-state index in [1.54, 1.807) is 7.11 Å². The van der Waals surface area contributed by atoms with Crippen LogP contribution in [0.15, 0.2) is 18.2 Å². The second-order valence-electron chi connectivity index (χ2n) is 4.14. The summed E-state index contributed by atoms with van der Waals surface area (Å²) < 4.78 is 5.21. The van der Waals surface area contributed by atoms with Crippen molar-refractivity contribution in [2.24, 2.45) is 0 Å². The summed E-state index contributed by atoms with van der Waals surface area (Å²) in [6.45, 7) is 5.90. The Morgan fingerprint density at radius 1 is 1.41 bits per heavy atom. The zero-order chi connectivity index (χ0) is 12.8. The smallest absolute Gasteiger partial charge is 0.319 e. The average Bonchev–Trinajstić information content (AvgIpc) is 2.27. The van der Waals surface area contributed by atoms with Crippen LogP contribution in [0.3, 0.4) is 0 Å². The van der Waals surface area contributed by atoms with Crippen molar-refractivity contribution in [3.8, 4) is 5.75 Å². The van der Waals surface area contributed by atoms with Gasteiger partial charge in [-0.1, -0.05) is 13.0 Å². The van der Waals surface area contributed by atoms with Crippen molar-refractivity contribution in [1.29, 1.82) is 0 Å². The number of benzene rings is 1. The van der Waals surface area contributed by atoms with Crippen LogP contribution in [-0.2, 0) is 6.42 Å². The van der Waals surface area contributed by atoms with Crippen LogP contribution in [0.1, 0.15) is 26.3 Å². The summed E-state index contributed by atoms with van der Waals surface area (Å²) in [6.07, 6.45) is 0.921. The minimum Gasteiger partial charge on any atom is -0.495 e. The number of anilines is 1. The molecular weight excluding hydrogens is 216 g/mol. The first-order valence-corrected chi connectivity index (χ1v) is 5.81. The quantitative estimate of drug-likeness (QED) is 0.844. The Kier molecular flexibility index (Phi) is 4.82. The molecule has 2 amide bonds. The third-order valence-electron chi connectivity index (χ3n) is 2.34. The molecule has 4 nitrogen and oxygen atoms in total. The van der Waals surface area contributed by atoms with E-state index in [9.17, 15) is 4.79 Å². The van der Waals surface area contributed by atoms with E-state index in [1.165, 1.54) is 0 Å². The third kappa shape index (κ3) is 3.98. The molecule has 0 aliphatic carbocycles. The highest BCUT2D eigenvalue weighted by atomic mass is 16.5. The molecule has 0 radical (unpaired) electrons. The average molecular weight is 236 g/mol. The fourth-order valence-corrected chi connectivity index (χ4v) is 1.49. The third-order valence-corrected chi connectivity index (χ3v) is 2.34. The molecule has 0 aliphatic rings. The number of hydrogen-bond acceptors (Lipinski definition) is 2. The Hall–Kier alpha value is -1.71. The van der Waals surface area contributed by atoms with Gasteiger partial charge in [0.25, 0.3) is 0 Å². The molecule has 1 aromatic rings. The van der Waals surface area contributed by atoms with Crippen molar-refractivity contribution < 1.29 is 9.53 Å². The summed E-state index contributed by atoms with van der Waals surface area (Å²) in [5, 5.41) is 5.57. The van der Waals surface area contributed by atoms with Gasteiger partial charge >= 0.3 is 6.03 Å². The number of amides is 2. The van der Waals surface area contributed by atoms with Crippen molar-refractivity contribution in [2.45, 2.75) is 33.2 Å². The lowest BCUT2D eigenvalue weighted by molar-refractivity contribution is 0.250. The molecule has 0 aliphatic heterocycles. The van der Waals surface area contributed by atoms with Gasteiger partial charge in [0.05, 0.1) is 12.8 Å². The van der Waals surface area contributed by atoms with Crippen LogP contribution in [0, 0.1) is 0 Å². The molecule has 1 aromatic carbocycles. The van der Waals surface area contributed by atoms with Crippen LogP contribution in [0.4, 0.5) is 10.5 Å². The molecule has 17 heavy (non-hydrogen) atoms. The normalized spacial score (nSPS) is 10.2. The second kappa shape index (κ2) is 6.13. The predicted molar refractivity (Wildman–Crippen MR) is 69.7 cm³/mol. The molecule has 94 valence electrons. The van der Waals surface area contributed by atoms with E-state index >= 15 is 0 Å². The molecule has 0 fully saturated rings. The van der Waals surface area contributed by atoms with Gasteiger partial charge in [-0.2, -0.15) is 0 Å². The first-order valence-electron chi connectivity index (χ1n) is 5.81. The highest BCUT2D eigenvalue weighted by Crippen LogP contribution is 2.25. The molecule has 0 atom stereocenters. The number of nitrogens with one attached hydrogen (secondary N) is 2. The first kappa shape index (κ1) is 13.4. The molecule has 4 heteroatoms. The van der Waals surface area contributed by atoms with Crippen molar-refractivity contribution in [2.75, 3.05) is 12.4 Å². The van der Waals surface area contributed by atoms with Crippen LogP contribution >= 0.6 is 0 Å². The molecule has 2 N–H and O–H groups in total. The highest BCUT2D eigenvalue weighted by molar-refractivity contribution is 5.91. The van der Waals surface area contributed by atoms with Crippen LogP contribution < -0.4 is 15.4 Å². The Labute approximate surface area is 102 Å². The molecule has 0 spiro atoms. The number of hydrogen-bond donors (Lipinski definition) is 2. The van der Waals surface area contributed by atoms with Gasteiger partial charge in [0.1, 0.15) is 5.75 Å². The second-order valence-corrected chi connectivity index (χ2v) is 4.14. The van der Waals surface area contributed by atoms with E-state index in [2.05, 4.69) is 17.6 Å².